The van der Waals surface area contributed by atoms with Crippen molar-refractivity contribution in [1.29, 1.82) is 0 Å². The van der Waals surface area contributed by atoms with Crippen LogP contribution in [-0.4, -0.2) is 15.9 Å². The van der Waals surface area contributed by atoms with Crippen LogP contribution >= 0.6 is 11.6 Å². The number of aromatic amines is 2. The number of ether oxygens (including phenoxy) is 1. The number of rotatable bonds is 1. The second-order valence-electron chi connectivity index (χ2n) is 4.56. The molecule has 0 spiro atoms. The van der Waals surface area contributed by atoms with Crippen LogP contribution in [0.15, 0.2) is 23.0 Å². The summed E-state index contributed by atoms with van der Waals surface area (Å²) in [6, 6.07) is 4.88. The Balaban J connectivity index is 2.51. The summed E-state index contributed by atoms with van der Waals surface area (Å²) in [4.78, 5) is 28.6. The molecule has 0 aliphatic heterocycles. The number of nitrogens with one attached hydrogen (secondary N) is 2. The Morgan fingerprint density at radius 1 is 1.20 bits per heavy atom. The summed E-state index contributed by atoms with van der Waals surface area (Å²) in [6.45, 7) is 3.15. The van der Waals surface area contributed by atoms with Crippen molar-refractivity contribution in [3.63, 3.8) is 0 Å². The van der Waals surface area contributed by atoms with E-state index >= 15 is 0 Å². The second-order valence-corrected chi connectivity index (χ2v) is 4.97. The van der Waals surface area contributed by atoms with Crippen molar-refractivity contribution < 1.29 is 9.53 Å². The first kappa shape index (κ1) is 12.7. The largest absolute Gasteiger partial charge is 0.424 e. The van der Waals surface area contributed by atoms with Gasteiger partial charge in [-0.15, -0.1) is 0 Å². The van der Waals surface area contributed by atoms with Gasteiger partial charge in [0.2, 0.25) is 5.56 Å². The Labute approximate surface area is 118 Å². The molecule has 2 N–H and O–H groups in total. The molecule has 0 unspecified atom stereocenters. The molecule has 3 aromatic rings. The van der Waals surface area contributed by atoms with Crippen LogP contribution in [0.4, 0.5) is 0 Å². The highest BCUT2D eigenvalue weighted by Gasteiger charge is 2.17. The minimum Gasteiger partial charge on any atom is -0.424 e. The molecule has 0 saturated heterocycles. The lowest BCUT2D eigenvalue weighted by molar-refractivity contribution is -0.131. The lowest BCUT2D eigenvalue weighted by Crippen LogP contribution is -2.04. The Morgan fingerprint density at radius 2 is 1.85 bits per heavy atom. The second kappa shape index (κ2) is 4.38. The molecule has 1 aromatic carbocycles. The zero-order valence-electron chi connectivity index (χ0n) is 10.8. The standard InChI is InChI=1S/C14H11ClN2O3/c1-6-14(20-7(2)18)13-10(16-6)4-3-9-12(13)8(15)5-11(19)17-9/h3-5,16H,1-2H3,(H,17,19). The van der Waals surface area contributed by atoms with Gasteiger partial charge in [0.15, 0.2) is 5.75 Å². The van der Waals surface area contributed by atoms with E-state index < -0.39 is 5.97 Å². The van der Waals surface area contributed by atoms with Crippen molar-refractivity contribution in [2.75, 3.05) is 0 Å². The average molecular weight is 291 g/mol. The molecule has 0 bridgehead atoms. The van der Waals surface area contributed by atoms with Crippen molar-refractivity contribution in [1.82, 2.24) is 9.97 Å². The van der Waals surface area contributed by atoms with Crippen LogP contribution in [0.3, 0.4) is 0 Å². The van der Waals surface area contributed by atoms with Crippen molar-refractivity contribution >= 4 is 39.4 Å². The number of halogens is 1. The maximum absolute atomic E-state index is 11.5. The summed E-state index contributed by atoms with van der Waals surface area (Å²) >= 11 is 6.18. The smallest absolute Gasteiger partial charge is 0.308 e. The molecule has 0 radical (unpaired) electrons. The number of carbonyl (C=O) groups excluding carboxylic acids is 1. The molecule has 0 aliphatic carbocycles. The third-order valence-corrected chi connectivity index (χ3v) is 3.39. The molecule has 2 aromatic heterocycles. The van der Waals surface area contributed by atoms with E-state index in [0.29, 0.717) is 27.1 Å². The van der Waals surface area contributed by atoms with Gasteiger partial charge in [-0.2, -0.15) is 0 Å². The van der Waals surface area contributed by atoms with Gasteiger partial charge in [-0.3, -0.25) is 9.59 Å². The fraction of sp³-hybridized carbons (Fsp3) is 0.143. The molecular weight excluding hydrogens is 280 g/mol. The van der Waals surface area contributed by atoms with Crippen LogP contribution in [0.25, 0.3) is 21.8 Å². The van der Waals surface area contributed by atoms with Crippen molar-refractivity contribution in [3.8, 4) is 5.75 Å². The molecular formula is C14H11ClN2O3. The molecule has 0 aliphatic rings. The van der Waals surface area contributed by atoms with Crippen LogP contribution in [0.5, 0.6) is 5.75 Å². The third kappa shape index (κ3) is 1.87. The number of aromatic nitrogens is 2. The number of aryl methyl sites for hydroxylation is 1. The van der Waals surface area contributed by atoms with E-state index in [2.05, 4.69) is 9.97 Å². The van der Waals surface area contributed by atoms with Gasteiger partial charge in [0.25, 0.3) is 0 Å². The Morgan fingerprint density at radius 3 is 2.50 bits per heavy atom. The molecule has 3 rings (SSSR count). The first-order chi connectivity index (χ1) is 9.47. The normalized spacial score (nSPS) is 11.2. The number of fused-ring (bicyclic) bond motifs is 3. The van der Waals surface area contributed by atoms with Gasteiger partial charge in [0.05, 0.1) is 27.1 Å². The predicted octanol–water partition coefficient (Wildman–Crippen LogP) is 2.90. The fourth-order valence-electron chi connectivity index (χ4n) is 2.37. The fourth-order valence-corrected chi connectivity index (χ4v) is 2.66. The van der Waals surface area contributed by atoms with Gasteiger partial charge >= 0.3 is 5.97 Å². The zero-order chi connectivity index (χ0) is 14.4. The first-order valence-electron chi connectivity index (χ1n) is 5.99. The minimum atomic E-state index is -0.411. The van der Waals surface area contributed by atoms with Crippen molar-refractivity contribution in [2.24, 2.45) is 0 Å². The molecule has 0 saturated carbocycles. The summed E-state index contributed by atoms with van der Waals surface area (Å²) in [5.74, 6) is 0.0265. The number of H-pyrrole nitrogens is 2. The van der Waals surface area contributed by atoms with E-state index in [9.17, 15) is 9.59 Å². The number of hydrogen-bond donors (Lipinski definition) is 2. The van der Waals surface area contributed by atoms with E-state index in [1.165, 1.54) is 13.0 Å². The molecule has 5 nitrogen and oxygen atoms in total. The van der Waals surface area contributed by atoms with E-state index in [1.807, 2.05) is 13.0 Å². The van der Waals surface area contributed by atoms with Gasteiger partial charge in [-0.1, -0.05) is 11.6 Å². The predicted molar refractivity (Wildman–Crippen MR) is 77.5 cm³/mol. The number of hydrogen-bond acceptors (Lipinski definition) is 3. The van der Waals surface area contributed by atoms with E-state index in [0.717, 1.165) is 11.2 Å². The highest BCUT2D eigenvalue weighted by Crippen LogP contribution is 2.37. The van der Waals surface area contributed by atoms with Gasteiger partial charge in [-0.25, -0.2) is 0 Å². The SMILES string of the molecule is CC(=O)Oc1c(C)[nH]c2ccc3[nH]c(=O)cc(Cl)c3c12. The lowest BCUT2D eigenvalue weighted by Gasteiger charge is -2.05. The number of esters is 1. The Hall–Kier alpha value is -2.27. The Kier molecular flexibility index (Phi) is 2.79. The van der Waals surface area contributed by atoms with Gasteiger partial charge in [0.1, 0.15) is 0 Å². The molecule has 20 heavy (non-hydrogen) atoms. The molecule has 102 valence electrons. The van der Waals surface area contributed by atoms with Crippen LogP contribution in [0, 0.1) is 6.92 Å². The summed E-state index contributed by atoms with van der Waals surface area (Å²) in [6.07, 6.45) is 0. The van der Waals surface area contributed by atoms with Crippen LogP contribution in [0.2, 0.25) is 5.02 Å². The quantitative estimate of drug-likeness (QED) is 0.677. The molecule has 2 heterocycles. The van der Waals surface area contributed by atoms with Gasteiger partial charge in [-0.05, 0) is 19.1 Å². The highest BCUT2D eigenvalue weighted by molar-refractivity contribution is 6.38. The summed E-state index contributed by atoms with van der Waals surface area (Å²) in [5, 5.41) is 1.67. The monoisotopic (exact) mass is 290 g/mol. The molecule has 0 atom stereocenters. The summed E-state index contributed by atoms with van der Waals surface area (Å²) in [5.41, 5.74) is 1.84. The van der Waals surface area contributed by atoms with E-state index in [4.69, 9.17) is 16.3 Å². The van der Waals surface area contributed by atoms with Gasteiger partial charge < -0.3 is 14.7 Å². The molecule has 6 heteroatoms. The maximum Gasteiger partial charge on any atom is 0.308 e. The minimum absolute atomic E-state index is 0.275. The summed E-state index contributed by atoms with van der Waals surface area (Å²) < 4.78 is 5.27. The zero-order valence-corrected chi connectivity index (χ0v) is 11.6. The van der Waals surface area contributed by atoms with Gasteiger partial charge in [0, 0.05) is 18.4 Å². The number of pyridine rings is 1. The van der Waals surface area contributed by atoms with Crippen molar-refractivity contribution in [2.45, 2.75) is 13.8 Å². The van der Waals surface area contributed by atoms with E-state index in [-0.39, 0.29) is 5.56 Å². The van der Waals surface area contributed by atoms with Crippen LogP contribution in [0.1, 0.15) is 12.6 Å². The molecule has 0 amide bonds. The lowest BCUT2D eigenvalue weighted by atomic mass is 10.1. The number of carbonyl (C=O) groups is 1. The topological polar surface area (TPSA) is 75.0 Å². The Bertz CT molecular complexity index is 908. The third-order valence-electron chi connectivity index (χ3n) is 3.10. The molecule has 0 fully saturated rings. The number of benzene rings is 1. The van der Waals surface area contributed by atoms with E-state index in [1.54, 1.807) is 6.07 Å². The highest BCUT2D eigenvalue weighted by atomic mass is 35.5. The van der Waals surface area contributed by atoms with Crippen molar-refractivity contribution in [3.05, 3.63) is 39.3 Å². The average Bonchev–Trinajstić information content (AvgIpc) is 2.65. The summed E-state index contributed by atoms with van der Waals surface area (Å²) in [7, 11) is 0. The maximum atomic E-state index is 11.5. The van der Waals surface area contributed by atoms with Crippen LogP contribution < -0.4 is 10.3 Å². The van der Waals surface area contributed by atoms with Crippen LogP contribution in [-0.2, 0) is 4.79 Å². The first-order valence-corrected chi connectivity index (χ1v) is 6.37.